The summed E-state index contributed by atoms with van der Waals surface area (Å²) in [5, 5.41) is 4.19. The van der Waals surface area contributed by atoms with E-state index < -0.39 is 0 Å². The molecule has 0 atom stereocenters. The van der Waals surface area contributed by atoms with E-state index in [0.717, 1.165) is 39.5 Å². The quantitative estimate of drug-likeness (QED) is 0.611. The van der Waals surface area contributed by atoms with Crippen molar-refractivity contribution in [2.24, 2.45) is 0 Å². The molecule has 0 bridgehead atoms. The topological polar surface area (TPSA) is 66.9 Å². The van der Waals surface area contributed by atoms with Gasteiger partial charge in [-0.25, -0.2) is 0 Å². The van der Waals surface area contributed by atoms with E-state index >= 15 is 0 Å². The monoisotopic (exact) mass is 447 g/mol. The molecule has 2 N–H and O–H groups in total. The Morgan fingerprint density at radius 3 is 2.74 bits per heavy atom. The van der Waals surface area contributed by atoms with Crippen LogP contribution in [0.3, 0.4) is 0 Å². The lowest BCUT2D eigenvalue weighted by molar-refractivity contribution is 0.0952. The van der Waals surface area contributed by atoms with Crippen LogP contribution in [0.15, 0.2) is 33.7 Å². The van der Waals surface area contributed by atoms with Crippen molar-refractivity contribution in [3.05, 3.63) is 66.6 Å². The minimum atomic E-state index is -0.254. The first-order valence-electron chi connectivity index (χ1n) is 8.82. The number of H-pyrrole nitrogens is 1. The van der Waals surface area contributed by atoms with Crippen molar-refractivity contribution in [1.29, 1.82) is 0 Å². The van der Waals surface area contributed by atoms with Crippen LogP contribution in [0.5, 0.6) is 0 Å². The largest absolute Gasteiger partial charge is 0.348 e. The normalized spacial score (nSPS) is 13.9. The number of carbonyl (C=O) groups is 1. The van der Waals surface area contributed by atoms with Crippen molar-refractivity contribution in [2.75, 3.05) is 0 Å². The number of aromatic amines is 1. The number of rotatable bonds is 4. The highest BCUT2D eigenvalue weighted by Crippen LogP contribution is 2.41. The van der Waals surface area contributed by atoms with Gasteiger partial charge in [0, 0.05) is 39.9 Å². The zero-order valence-corrected chi connectivity index (χ0v) is 17.4. The number of nitrogens with one attached hydrogen (secondary N) is 2. The third-order valence-electron chi connectivity index (χ3n) is 4.96. The Balaban J connectivity index is 1.68. The number of benzene rings is 1. The second kappa shape index (κ2) is 6.84. The van der Waals surface area contributed by atoms with E-state index in [9.17, 15) is 9.59 Å². The van der Waals surface area contributed by atoms with E-state index in [1.165, 1.54) is 0 Å². The smallest absolute Gasteiger partial charge is 0.253 e. The van der Waals surface area contributed by atoms with Crippen LogP contribution in [0.1, 0.15) is 46.1 Å². The lowest BCUT2D eigenvalue weighted by Crippen LogP contribution is -2.28. The van der Waals surface area contributed by atoms with Crippen molar-refractivity contribution in [3.63, 3.8) is 0 Å². The number of halogens is 2. The highest BCUT2D eigenvalue weighted by molar-refractivity contribution is 9.10. The predicted molar refractivity (Wildman–Crippen MR) is 111 cm³/mol. The third-order valence-corrected chi connectivity index (χ3v) is 5.70. The summed E-state index contributed by atoms with van der Waals surface area (Å²) in [6.07, 6.45) is 4.16. The molecule has 1 saturated carbocycles. The second-order valence-electron chi connectivity index (χ2n) is 7.09. The molecule has 1 aromatic carbocycles. The zero-order chi connectivity index (χ0) is 19.3. The Kier molecular flexibility index (Phi) is 4.64. The van der Waals surface area contributed by atoms with E-state index in [4.69, 9.17) is 11.6 Å². The van der Waals surface area contributed by atoms with Gasteiger partial charge in [0.15, 0.2) is 0 Å². The van der Waals surface area contributed by atoms with Gasteiger partial charge in [-0.3, -0.25) is 9.59 Å². The number of fused-ring (bicyclic) bond motifs is 1. The molecule has 1 amide bonds. The Bertz CT molecular complexity index is 1130. The number of aryl methyl sites for hydroxylation is 2. The molecule has 3 aromatic rings. The number of aromatic nitrogens is 2. The molecule has 1 aliphatic rings. The standard InChI is InChI=1S/C20H19BrClN3O2/c1-10-5-11(2)24-20(27)15(10)8-23-19(26)14-6-12(21)7-17-18(14)16(22)9-25(17)13-3-4-13/h5-7,9,13H,3-4,8H2,1-2H3,(H,23,26)(H,24,27). The second-order valence-corrected chi connectivity index (χ2v) is 8.41. The maximum Gasteiger partial charge on any atom is 0.253 e. The Morgan fingerprint density at radius 2 is 2.07 bits per heavy atom. The van der Waals surface area contributed by atoms with E-state index in [-0.39, 0.29) is 18.0 Å². The third kappa shape index (κ3) is 3.44. The van der Waals surface area contributed by atoms with Gasteiger partial charge >= 0.3 is 0 Å². The molecule has 2 heterocycles. The Labute approximate surface area is 169 Å². The molecule has 0 radical (unpaired) electrons. The fourth-order valence-corrected chi connectivity index (χ4v) is 4.25. The molecule has 0 saturated heterocycles. The van der Waals surface area contributed by atoms with Crippen LogP contribution >= 0.6 is 27.5 Å². The fourth-order valence-electron chi connectivity index (χ4n) is 3.50. The van der Waals surface area contributed by atoms with Gasteiger partial charge in [-0.15, -0.1) is 0 Å². The molecular weight excluding hydrogens is 430 g/mol. The molecule has 1 aliphatic carbocycles. The first kappa shape index (κ1) is 18.3. The van der Waals surface area contributed by atoms with Crippen LogP contribution in [-0.4, -0.2) is 15.5 Å². The Morgan fingerprint density at radius 1 is 1.33 bits per heavy atom. The van der Waals surface area contributed by atoms with E-state index in [1.54, 1.807) is 6.07 Å². The molecule has 140 valence electrons. The molecule has 0 unspecified atom stereocenters. The summed E-state index contributed by atoms with van der Waals surface area (Å²) >= 11 is 9.97. The van der Waals surface area contributed by atoms with Gasteiger partial charge in [0.1, 0.15) is 0 Å². The number of pyridine rings is 1. The summed E-state index contributed by atoms with van der Waals surface area (Å²) in [5.41, 5.74) is 3.49. The Hall–Kier alpha value is -2.05. The van der Waals surface area contributed by atoms with Crippen molar-refractivity contribution in [1.82, 2.24) is 14.9 Å². The van der Waals surface area contributed by atoms with E-state index in [2.05, 4.69) is 30.8 Å². The van der Waals surface area contributed by atoms with E-state index in [0.29, 0.717) is 22.2 Å². The zero-order valence-electron chi connectivity index (χ0n) is 15.0. The van der Waals surface area contributed by atoms with Gasteiger partial charge in [-0.1, -0.05) is 27.5 Å². The molecule has 27 heavy (non-hydrogen) atoms. The van der Waals surface area contributed by atoms with Crippen LogP contribution in [0, 0.1) is 13.8 Å². The van der Waals surface area contributed by atoms with Crippen LogP contribution in [0.2, 0.25) is 5.02 Å². The summed E-state index contributed by atoms with van der Waals surface area (Å²) in [6, 6.07) is 6.12. The number of carbonyl (C=O) groups excluding carboxylic acids is 1. The molecular formula is C20H19BrClN3O2. The van der Waals surface area contributed by atoms with Gasteiger partial charge in [0.25, 0.3) is 11.5 Å². The van der Waals surface area contributed by atoms with Crippen molar-refractivity contribution < 1.29 is 4.79 Å². The van der Waals surface area contributed by atoms with Crippen LogP contribution in [0.25, 0.3) is 10.9 Å². The molecule has 0 spiro atoms. The van der Waals surface area contributed by atoms with Crippen molar-refractivity contribution in [3.8, 4) is 0 Å². The van der Waals surface area contributed by atoms with E-state index in [1.807, 2.05) is 32.2 Å². The highest BCUT2D eigenvalue weighted by atomic mass is 79.9. The first-order valence-corrected chi connectivity index (χ1v) is 9.99. The summed E-state index contributed by atoms with van der Waals surface area (Å²) in [4.78, 5) is 27.9. The van der Waals surface area contributed by atoms with Gasteiger partial charge in [0.2, 0.25) is 0 Å². The minimum absolute atomic E-state index is 0.162. The summed E-state index contributed by atoms with van der Waals surface area (Å²) in [5.74, 6) is -0.254. The maximum absolute atomic E-state index is 12.9. The average molecular weight is 449 g/mol. The lowest BCUT2D eigenvalue weighted by Gasteiger charge is -2.10. The van der Waals surface area contributed by atoms with Gasteiger partial charge in [0.05, 0.1) is 16.1 Å². The number of amides is 1. The predicted octanol–water partition coefficient (Wildman–Crippen LogP) is 4.63. The summed E-state index contributed by atoms with van der Waals surface area (Å²) in [7, 11) is 0. The van der Waals surface area contributed by atoms with Gasteiger partial charge in [-0.05, 0) is 50.5 Å². The minimum Gasteiger partial charge on any atom is -0.348 e. The number of nitrogens with zero attached hydrogens (tertiary/aromatic N) is 1. The van der Waals surface area contributed by atoms with Crippen molar-refractivity contribution >= 4 is 44.3 Å². The van der Waals surface area contributed by atoms with Gasteiger partial charge < -0.3 is 14.9 Å². The average Bonchev–Trinajstić information content (AvgIpc) is 3.37. The molecule has 2 aromatic heterocycles. The molecule has 1 fully saturated rings. The summed E-state index contributed by atoms with van der Waals surface area (Å²) in [6.45, 7) is 3.87. The molecule has 0 aliphatic heterocycles. The number of hydrogen-bond donors (Lipinski definition) is 2. The SMILES string of the molecule is Cc1cc(C)c(CNC(=O)c2cc(Br)cc3c2c(Cl)cn3C2CC2)c(=O)[nH]1. The first-order chi connectivity index (χ1) is 12.8. The molecule has 5 nitrogen and oxygen atoms in total. The summed E-state index contributed by atoms with van der Waals surface area (Å²) < 4.78 is 2.97. The maximum atomic E-state index is 12.9. The molecule has 7 heteroatoms. The molecule has 4 rings (SSSR count). The number of hydrogen-bond acceptors (Lipinski definition) is 2. The van der Waals surface area contributed by atoms with Gasteiger partial charge in [-0.2, -0.15) is 0 Å². The van der Waals surface area contributed by atoms with Crippen molar-refractivity contribution in [2.45, 2.75) is 39.3 Å². The van der Waals surface area contributed by atoms with Crippen LogP contribution in [0.4, 0.5) is 0 Å². The lowest BCUT2D eigenvalue weighted by atomic mass is 10.1. The van der Waals surface area contributed by atoms with Crippen LogP contribution in [-0.2, 0) is 6.54 Å². The highest BCUT2D eigenvalue weighted by Gasteiger charge is 2.27. The van der Waals surface area contributed by atoms with Crippen LogP contribution < -0.4 is 10.9 Å². The fraction of sp³-hybridized carbons (Fsp3) is 0.300.